The van der Waals surface area contributed by atoms with E-state index < -0.39 is 17.2 Å². The van der Waals surface area contributed by atoms with Crippen molar-refractivity contribution in [3.63, 3.8) is 0 Å². The predicted molar refractivity (Wildman–Crippen MR) is 114 cm³/mol. The van der Waals surface area contributed by atoms with E-state index in [0.29, 0.717) is 26.1 Å². The number of hydrogen-bond donors (Lipinski definition) is 2. The quantitative estimate of drug-likeness (QED) is 0.553. The van der Waals surface area contributed by atoms with Crippen LogP contribution >= 0.6 is 0 Å². The van der Waals surface area contributed by atoms with Crippen LogP contribution < -0.4 is 21.9 Å². The van der Waals surface area contributed by atoms with E-state index in [9.17, 15) is 19.2 Å². The van der Waals surface area contributed by atoms with Gasteiger partial charge < -0.3 is 20.3 Å². The lowest BCUT2D eigenvalue weighted by molar-refractivity contribution is -0.129. The van der Waals surface area contributed by atoms with E-state index in [1.807, 2.05) is 27.7 Å². The molecule has 1 saturated heterocycles. The third kappa shape index (κ3) is 5.10. The second kappa shape index (κ2) is 9.92. The van der Waals surface area contributed by atoms with Gasteiger partial charge in [-0.3, -0.25) is 23.9 Å². The van der Waals surface area contributed by atoms with Crippen molar-refractivity contribution in [1.82, 2.24) is 14.5 Å². The largest absolute Gasteiger partial charge is 0.385 e. The van der Waals surface area contributed by atoms with Crippen molar-refractivity contribution in [1.29, 1.82) is 0 Å². The minimum Gasteiger partial charge on any atom is -0.385 e. The van der Waals surface area contributed by atoms with Gasteiger partial charge in [-0.15, -0.1) is 0 Å². The molecule has 1 unspecified atom stereocenters. The summed E-state index contributed by atoms with van der Waals surface area (Å²) < 4.78 is 6.36. The van der Waals surface area contributed by atoms with Gasteiger partial charge in [0.1, 0.15) is 5.82 Å². The van der Waals surface area contributed by atoms with Crippen LogP contribution in [-0.2, 0) is 20.9 Å². The monoisotopic (exact) mass is 423 g/mol. The first-order valence-electron chi connectivity index (χ1n) is 10.3. The Morgan fingerprint density at radius 2 is 1.93 bits per heavy atom. The van der Waals surface area contributed by atoms with E-state index in [-0.39, 0.29) is 48.2 Å². The Bertz CT molecular complexity index is 889. The van der Waals surface area contributed by atoms with Crippen LogP contribution in [0.15, 0.2) is 9.59 Å². The molecule has 10 heteroatoms. The molecule has 0 saturated carbocycles. The molecule has 0 aromatic carbocycles. The number of nitrogens with zero attached hydrogens (tertiary/aromatic N) is 3. The Morgan fingerprint density at radius 3 is 2.47 bits per heavy atom. The number of rotatable bonds is 9. The Balaban J connectivity index is 2.47. The highest BCUT2D eigenvalue weighted by atomic mass is 16.5. The first kappa shape index (κ1) is 23.7. The van der Waals surface area contributed by atoms with E-state index in [1.165, 1.54) is 9.47 Å². The molecule has 1 aromatic rings. The van der Waals surface area contributed by atoms with Gasteiger partial charge in [0.15, 0.2) is 5.69 Å². The van der Waals surface area contributed by atoms with Crippen LogP contribution in [-0.4, -0.2) is 59.1 Å². The number of anilines is 2. The molecule has 0 aliphatic carbocycles. The number of aromatic amines is 1. The summed E-state index contributed by atoms with van der Waals surface area (Å²) in [5.74, 6) is -0.963. The first-order valence-corrected chi connectivity index (χ1v) is 10.3. The van der Waals surface area contributed by atoms with Crippen molar-refractivity contribution in [2.24, 2.45) is 11.8 Å². The number of H-pyrrole nitrogens is 1. The highest BCUT2D eigenvalue weighted by Crippen LogP contribution is 2.26. The Morgan fingerprint density at radius 1 is 1.27 bits per heavy atom. The van der Waals surface area contributed by atoms with Crippen LogP contribution in [0.1, 0.15) is 40.5 Å². The number of aromatic nitrogens is 2. The van der Waals surface area contributed by atoms with Crippen molar-refractivity contribution < 1.29 is 14.3 Å². The number of amides is 2. The van der Waals surface area contributed by atoms with Crippen molar-refractivity contribution in [3.05, 3.63) is 20.8 Å². The van der Waals surface area contributed by atoms with Gasteiger partial charge in [-0.2, -0.15) is 0 Å². The number of nitrogen functional groups attached to an aromatic ring is 1. The van der Waals surface area contributed by atoms with Crippen molar-refractivity contribution in [2.75, 3.05) is 37.4 Å². The summed E-state index contributed by atoms with van der Waals surface area (Å²) in [7, 11) is 1.55. The molecule has 168 valence electrons. The van der Waals surface area contributed by atoms with Crippen molar-refractivity contribution in [2.45, 2.75) is 53.1 Å². The molecular weight excluding hydrogens is 390 g/mol. The summed E-state index contributed by atoms with van der Waals surface area (Å²) >= 11 is 0. The molecule has 0 radical (unpaired) electrons. The summed E-state index contributed by atoms with van der Waals surface area (Å²) in [5.41, 5.74) is 4.84. The molecule has 30 heavy (non-hydrogen) atoms. The van der Waals surface area contributed by atoms with Gasteiger partial charge >= 0.3 is 5.69 Å². The van der Waals surface area contributed by atoms with Crippen LogP contribution in [0.3, 0.4) is 0 Å². The molecule has 3 N–H and O–H groups in total. The standard InChI is InChI=1S/C20H33N5O5/c1-12(2)10-25-17(21)16(18(27)22-20(25)29)23(7-6-8-30-5)19(28)14-9-15(26)24(11-14)13(3)4/h12-14H,6-11,21H2,1-5H3,(H,22,27,29). The number of carbonyl (C=O) groups excluding carboxylic acids is 2. The van der Waals surface area contributed by atoms with E-state index in [4.69, 9.17) is 10.5 Å². The molecule has 1 aliphatic heterocycles. The number of methoxy groups -OCH3 is 1. The fourth-order valence-electron chi connectivity index (χ4n) is 3.70. The summed E-state index contributed by atoms with van der Waals surface area (Å²) in [4.78, 5) is 55.9. The number of nitrogens with two attached hydrogens (primary N) is 1. The maximum absolute atomic E-state index is 13.4. The smallest absolute Gasteiger partial charge is 0.330 e. The van der Waals surface area contributed by atoms with Gasteiger partial charge in [0.2, 0.25) is 11.8 Å². The number of likely N-dealkylation sites (tertiary alicyclic amines) is 1. The number of hydrogen-bond acceptors (Lipinski definition) is 6. The van der Waals surface area contributed by atoms with Crippen LogP contribution in [0.4, 0.5) is 11.5 Å². The normalized spacial score (nSPS) is 16.7. The lowest BCUT2D eigenvalue weighted by Gasteiger charge is -2.27. The highest BCUT2D eigenvalue weighted by Gasteiger charge is 2.39. The average Bonchev–Trinajstić information content (AvgIpc) is 3.05. The van der Waals surface area contributed by atoms with E-state index in [0.717, 1.165) is 0 Å². The molecule has 0 spiro atoms. The molecular formula is C20H33N5O5. The summed E-state index contributed by atoms with van der Waals surface area (Å²) in [6, 6.07) is -0.0151. The first-order chi connectivity index (χ1) is 14.1. The molecule has 0 bridgehead atoms. The minimum atomic E-state index is -0.715. The minimum absolute atomic E-state index is 0.0151. The van der Waals surface area contributed by atoms with Crippen LogP contribution in [0.25, 0.3) is 0 Å². The molecule has 2 amide bonds. The zero-order valence-corrected chi connectivity index (χ0v) is 18.4. The lowest BCUT2D eigenvalue weighted by atomic mass is 10.1. The molecule has 1 aromatic heterocycles. The van der Waals surface area contributed by atoms with Gasteiger partial charge in [0, 0.05) is 45.8 Å². The SMILES string of the molecule is COCCCN(C(=O)C1CC(=O)N(C(C)C)C1)c1c(N)n(CC(C)C)c(=O)[nH]c1=O. The van der Waals surface area contributed by atoms with Gasteiger partial charge in [-0.05, 0) is 26.2 Å². The third-order valence-electron chi connectivity index (χ3n) is 5.16. The molecule has 2 rings (SSSR count). The zero-order valence-electron chi connectivity index (χ0n) is 18.4. The molecule has 1 atom stereocenters. The molecule has 1 fully saturated rings. The number of nitrogens with one attached hydrogen (secondary N) is 1. The maximum Gasteiger partial charge on any atom is 0.330 e. The van der Waals surface area contributed by atoms with E-state index in [1.54, 1.807) is 12.0 Å². The van der Waals surface area contributed by atoms with Gasteiger partial charge in [-0.25, -0.2) is 4.79 Å². The Kier molecular flexibility index (Phi) is 7.83. The Labute approximate surface area is 176 Å². The molecule has 1 aliphatic rings. The van der Waals surface area contributed by atoms with E-state index in [2.05, 4.69) is 4.98 Å². The lowest BCUT2D eigenvalue weighted by Crippen LogP contribution is -2.45. The number of carbonyl (C=O) groups is 2. The zero-order chi connectivity index (χ0) is 22.6. The summed E-state index contributed by atoms with van der Waals surface area (Å²) in [6.45, 7) is 8.79. The second-order valence-electron chi connectivity index (χ2n) is 8.37. The molecule has 10 nitrogen and oxygen atoms in total. The van der Waals surface area contributed by atoms with Crippen LogP contribution in [0, 0.1) is 11.8 Å². The van der Waals surface area contributed by atoms with Gasteiger partial charge in [0.05, 0.1) is 5.92 Å². The third-order valence-corrected chi connectivity index (χ3v) is 5.16. The van der Waals surface area contributed by atoms with Crippen molar-refractivity contribution in [3.8, 4) is 0 Å². The highest BCUT2D eigenvalue weighted by molar-refractivity contribution is 6.00. The van der Waals surface area contributed by atoms with Crippen molar-refractivity contribution >= 4 is 23.3 Å². The van der Waals surface area contributed by atoms with Gasteiger partial charge in [-0.1, -0.05) is 13.8 Å². The van der Waals surface area contributed by atoms with Crippen LogP contribution in [0.5, 0.6) is 0 Å². The summed E-state index contributed by atoms with van der Waals surface area (Å²) in [5, 5.41) is 0. The summed E-state index contributed by atoms with van der Waals surface area (Å²) in [6.07, 6.45) is 0.556. The average molecular weight is 424 g/mol. The maximum atomic E-state index is 13.4. The van der Waals surface area contributed by atoms with Gasteiger partial charge in [0.25, 0.3) is 5.56 Å². The van der Waals surface area contributed by atoms with Crippen LogP contribution in [0.2, 0.25) is 0 Å². The Hall–Kier alpha value is -2.62. The number of ether oxygens (including phenoxy) is 1. The topological polar surface area (TPSA) is 131 Å². The second-order valence-corrected chi connectivity index (χ2v) is 8.37. The fraction of sp³-hybridized carbons (Fsp3) is 0.700. The van der Waals surface area contributed by atoms with E-state index >= 15 is 0 Å². The predicted octanol–water partition coefficient (Wildman–Crippen LogP) is 0.401. The molecule has 2 heterocycles. The fourth-order valence-corrected chi connectivity index (χ4v) is 3.70.